The van der Waals surface area contributed by atoms with Crippen LogP contribution in [-0.4, -0.2) is 34.9 Å². The Hall–Kier alpha value is -1.65. The van der Waals surface area contributed by atoms with E-state index in [1.807, 2.05) is 0 Å². The van der Waals surface area contributed by atoms with Gasteiger partial charge in [0, 0.05) is 6.42 Å². The summed E-state index contributed by atoms with van der Waals surface area (Å²) in [6, 6.07) is -0.537. The van der Waals surface area contributed by atoms with Crippen molar-refractivity contribution in [3.63, 3.8) is 0 Å². The van der Waals surface area contributed by atoms with E-state index in [1.165, 1.54) is 186 Å². The lowest BCUT2D eigenvalue weighted by Gasteiger charge is -2.22. The van der Waals surface area contributed by atoms with E-state index in [2.05, 4.69) is 67.8 Å². The van der Waals surface area contributed by atoms with Crippen molar-refractivity contribution in [2.75, 3.05) is 6.61 Å². The molecule has 0 aromatic carbocycles. The molecule has 0 saturated carbocycles. The number of hydrogen-bond donors (Lipinski definition) is 3. The highest BCUT2D eigenvalue weighted by atomic mass is 16.3. The Kier molecular flexibility index (Phi) is 47.3. The van der Waals surface area contributed by atoms with Gasteiger partial charge in [0.05, 0.1) is 18.8 Å². The van der Waals surface area contributed by atoms with Crippen molar-refractivity contribution in [3.8, 4) is 0 Å². The molecule has 1 amide bonds. The second kappa shape index (κ2) is 48.7. The van der Waals surface area contributed by atoms with Crippen molar-refractivity contribution >= 4 is 5.91 Å². The number of rotatable bonds is 46. The zero-order valence-corrected chi connectivity index (χ0v) is 38.4. The zero-order chi connectivity index (χ0) is 41.4. The molecule has 4 heteroatoms. The SMILES string of the molecule is CC/C=C\C/C=C\C/C=C\C/C=C\CCCCCCCCCCCCCCCCC(=O)NC(CO)C(O)CCCCCCCCCCCCCCCCCCCC. The Morgan fingerprint density at radius 2 is 0.772 bits per heavy atom. The van der Waals surface area contributed by atoms with E-state index in [9.17, 15) is 15.0 Å². The third-order valence-corrected chi connectivity index (χ3v) is 11.6. The van der Waals surface area contributed by atoms with Crippen LogP contribution in [-0.2, 0) is 4.79 Å². The molecule has 0 radical (unpaired) electrons. The van der Waals surface area contributed by atoms with Gasteiger partial charge in [-0.15, -0.1) is 0 Å². The van der Waals surface area contributed by atoms with Gasteiger partial charge in [-0.25, -0.2) is 0 Å². The predicted molar refractivity (Wildman–Crippen MR) is 253 cm³/mol. The summed E-state index contributed by atoms with van der Waals surface area (Å²) in [5.41, 5.74) is 0. The number of amides is 1. The number of carbonyl (C=O) groups is 1. The average molecular weight is 798 g/mol. The van der Waals surface area contributed by atoms with E-state index in [-0.39, 0.29) is 12.5 Å². The first-order chi connectivity index (χ1) is 28.2. The van der Waals surface area contributed by atoms with Crippen LogP contribution < -0.4 is 5.32 Å². The fourth-order valence-electron chi connectivity index (χ4n) is 7.77. The Morgan fingerprint density at radius 1 is 0.439 bits per heavy atom. The molecule has 0 heterocycles. The largest absolute Gasteiger partial charge is 0.394 e. The summed E-state index contributed by atoms with van der Waals surface area (Å²) >= 11 is 0. The Morgan fingerprint density at radius 3 is 1.16 bits per heavy atom. The quantitative estimate of drug-likeness (QED) is 0.0424. The zero-order valence-electron chi connectivity index (χ0n) is 38.4. The van der Waals surface area contributed by atoms with Crippen molar-refractivity contribution < 1.29 is 15.0 Å². The minimum Gasteiger partial charge on any atom is -0.394 e. The average Bonchev–Trinajstić information content (AvgIpc) is 3.22. The maximum Gasteiger partial charge on any atom is 0.220 e. The molecule has 0 spiro atoms. The van der Waals surface area contributed by atoms with Gasteiger partial charge in [0.25, 0.3) is 0 Å². The standard InChI is InChI=1S/C53H99NO3/c1-3-5-7-9-11-13-15-17-19-21-23-24-25-26-27-28-29-30-31-33-35-37-39-41-43-45-47-49-53(57)54-51(50-55)52(56)48-46-44-42-40-38-36-34-32-22-20-18-16-14-12-10-8-6-4-2/h5,7,11,13,17,19,23-24,51-52,55-56H,3-4,6,8-10,12,14-16,18,20-22,25-50H2,1-2H3,(H,54,57)/b7-5-,13-11-,19-17-,24-23-. The molecular weight excluding hydrogens is 699 g/mol. The lowest BCUT2D eigenvalue weighted by molar-refractivity contribution is -0.123. The van der Waals surface area contributed by atoms with Crippen molar-refractivity contribution in [1.29, 1.82) is 0 Å². The Labute approximate surface area is 356 Å². The molecule has 0 saturated heterocycles. The van der Waals surface area contributed by atoms with Gasteiger partial charge in [-0.1, -0.05) is 255 Å². The molecule has 4 nitrogen and oxygen atoms in total. The molecule has 0 rings (SSSR count). The van der Waals surface area contributed by atoms with E-state index in [0.29, 0.717) is 12.8 Å². The first kappa shape index (κ1) is 55.4. The number of unbranched alkanes of at least 4 members (excludes halogenated alkanes) is 31. The molecule has 0 aliphatic rings. The molecule has 0 aromatic heterocycles. The second-order valence-electron chi connectivity index (χ2n) is 17.2. The van der Waals surface area contributed by atoms with E-state index in [4.69, 9.17) is 0 Å². The fraction of sp³-hybridized carbons (Fsp3) is 0.830. The third kappa shape index (κ3) is 45.3. The summed E-state index contributed by atoms with van der Waals surface area (Å²) in [5.74, 6) is -0.0308. The van der Waals surface area contributed by atoms with Crippen LogP contribution in [0.15, 0.2) is 48.6 Å². The van der Waals surface area contributed by atoms with E-state index >= 15 is 0 Å². The first-order valence-corrected chi connectivity index (χ1v) is 25.3. The summed E-state index contributed by atoms with van der Waals surface area (Å²) in [5, 5.41) is 23.3. The van der Waals surface area contributed by atoms with Gasteiger partial charge in [0.2, 0.25) is 5.91 Å². The highest BCUT2D eigenvalue weighted by molar-refractivity contribution is 5.76. The van der Waals surface area contributed by atoms with Gasteiger partial charge in [0.1, 0.15) is 0 Å². The summed E-state index contributed by atoms with van der Waals surface area (Å²) < 4.78 is 0. The van der Waals surface area contributed by atoms with Gasteiger partial charge in [-0.3, -0.25) is 4.79 Å². The highest BCUT2D eigenvalue weighted by Gasteiger charge is 2.20. The minimum absolute atomic E-state index is 0.0308. The normalized spacial score (nSPS) is 13.3. The van der Waals surface area contributed by atoms with Crippen molar-refractivity contribution in [1.82, 2.24) is 5.32 Å². The third-order valence-electron chi connectivity index (χ3n) is 11.6. The fourth-order valence-corrected chi connectivity index (χ4v) is 7.77. The maximum atomic E-state index is 12.5. The van der Waals surface area contributed by atoms with Crippen molar-refractivity contribution in [3.05, 3.63) is 48.6 Å². The molecular formula is C53H99NO3. The van der Waals surface area contributed by atoms with Crippen LogP contribution in [0.2, 0.25) is 0 Å². The van der Waals surface area contributed by atoms with Gasteiger partial charge in [-0.2, -0.15) is 0 Å². The smallest absolute Gasteiger partial charge is 0.220 e. The molecule has 3 N–H and O–H groups in total. The number of hydrogen-bond acceptors (Lipinski definition) is 3. The number of carbonyl (C=O) groups excluding carboxylic acids is 1. The maximum absolute atomic E-state index is 12.5. The van der Waals surface area contributed by atoms with Crippen LogP contribution in [0.1, 0.15) is 264 Å². The van der Waals surface area contributed by atoms with E-state index in [0.717, 1.165) is 51.4 Å². The molecule has 0 aliphatic heterocycles. The molecule has 0 aromatic rings. The summed E-state index contributed by atoms with van der Waals surface area (Å²) in [6.07, 6.45) is 66.4. The second-order valence-corrected chi connectivity index (χ2v) is 17.2. The number of nitrogens with one attached hydrogen (secondary N) is 1. The Balaban J connectivity index is 3.48. The van der Waals surface area contributed by atoms with Crippen LogP contribution in [0, 0.1) is 0 Å². The number of aliphatic hydroxyl groups excluding tert-OH is 2. The van der Waals surface area contributed by atoms with Gasteiger partial charge in [-0.05, 0) is 51.4 Å². The van der Waals surface area contributed by atoms with Crippen LogP contribution in [0.5, 0.6) is 0 Å². The Bertz CT molecular complexity index is 908. The van der Waals surface area contributed by atoms with Crippen LogP contribution >= 0.6 is 0 Å². The molecule has 0 bridgehead atoms. The molecule has 2 atom stereocenters. The van der Waals surface area contributed by atoms with Crippen LogP contribution in [0.4, 0.5) is 0 Å². The lowest BCUT2D eigenvalue weighted by Crippen LogP contribution is -2.45. The lowest BCUT2D eigenvalue weighted by atomic mass is 10.0. The molecule has 2 unspecified atom stereocenters. The molecule has 334 valence electrons. The van der Waals surface area contributed by atoms with E-state index < -0.39 is 12.1 Å². The van der Waals surface area contributed by atoms with Crippen molar-refractivity contribution in [2.45, 2.75) is 276 Å². The highest BCUT2D eigenvalue weighted by Crippen LogP contribution is 2.17. The van der Waals surface area contributed by atoms with Crippen LogP contribution in [0.25, 0.3) is 0 Å². The molecule has 0 aliphatic carbocycles. The summed E-state index contributed by atoms with van der Waals surface area (Å²) in [6.45, 7) is 4.26. The molecule has 0 fully saturated rings. The summed E-state index contributed by atoms with van der Waals surface area (Å²) in [4.78, 5) is 12.5. The predicted octanol–water partition coefficient (Wildman–Crippen LogP) is 16.3. The topological polar surface area (TPSA) is 69.6 Å². The first-order valence-electron chi connectivity index (χ1n) is 25.3. The van der Waals surface area contributed by atoms with Crippen LogP contribution in [0.3, 0.4) is 0 Å². The summed E-state index contributed by atoms with van der Waals surface area (Å²) in [7, 11) is 0. The monoisotopic (exact) mass is 798 g/mol. The van der Waals surface area contributed by atoms with Gasteiger partial charge < -0.3 is 15.5 Å². The van der Waals surface area contributed by atoms with Crippen molar-refractivity contribution in [2.24, 2.45) is 0 Å². The molecule has 57 heavy (non-hydrogen) atoms. The van der Waals surface area contributed by atoms with Gasteiger partial charge >= 0.3 is 0 Å². The minimum atomic E-state index is -0.660. The van der Waals surface area contributed by atoms with Gasteiger partial charge in [0.15, 0.2) is 0 Å². The number of allylic oxidation sites excluding steroid dienone is 8. The number of aliphatic hydroxyl groups is 2. The van der Waals surface area contributed by atoms with E-state index in [1.54, 1.807) is 0 Å².